The third kappa shape index (κ3) is 5.23. The highest BCUT2D eigenvalue weighted by atomic mass is 16.4. The van der Waals surface area contributed by atoms with Crippen molar-refractivity contribution in [3.05, 3.63) is 0 Å². The van der Waals surface area contributed by atoms with E-state index < -0.39 is 17.4 Å². The first kappa shape index (κ1) is 24.9. The van der Waals surface area contributed by atoms with Gasteiger partial charge in [-0.3, -0.25) is 9.59 Å². The van der Waals surface area contributed by atoms with Crippen molar-refractivity contribution in [2.45, 2.75) is 100 Å². The van der Waals surface area contributed by atoms with Crippen LogP contribution < -0.4 is 0 Å². The maximum absolute atomic E-state index is 12.7. The van der Waals surface area contributed by atoms with Crippen molar-refractivity contribution < 1.29 is 19.8 Å². The zero-order valence-corrected chi connectivity index (χ0v) is 18.3. The van der Waals surface area contributed by atoms with E-state index in [2.05, 4.69) is 55.4 Å². The van der Waals surface area contributed by atoms with Crippen LogP contribution >= 0.6 is 0 Å². The number of carbonyl (C=O) groups is 2. The van der Waals surface area contributed by atoms with Gasteiger partial charge in [0.1, 0.15) is 0 Å². The molecular formula is C22H42O4. The molecule has 0 saturated heterocycles. The largest absolute Gasteiger partial charge is 0.481 e. The van der Waals surface area contributed by atoms with Crippen LogP contribution in [0.3, 0.4) is 0 Å². The average molecular weight is 371 g/mol. The van der Waals surface area contributed by atoms with E-state index in [-0.39, 0.29) is 29.1 Å². The van der Waals surface area contributed by atoms with Crippen LogP contribution in [0.15, 0.2) is 0 Å². The van der Waals surface area contributed by atoms with Crippen molar-refractivity contribution in [2.24, 2.45) is 28.1 Å². The minimum atomic E-state index is -0.802. The van der Waals surface area contributed by atoms with Gasteiger partial charge in [0.05, 0.1) is 5.41 Å². The van der Waals surface area contributed by atoms with Crippen molar-refractivity contribution in [1.82, 2.24) is 0 Å². The molecule has 0 aromatic rings. The molecule has 2 N–H and O–H groups in total. The van der Waals surface area contributed by atoms with Gasteiger partial charge in [-0.25, -0.2) is 0 Å². The minimum Gasteiger partial charge on any atom is -0.481 e. The third-order valence-corrected chi connectivity index (χ3v) is 7.39. The molecule has 0 aliphatic rings. The summed E-state index contributed by atoms with van der Waals surface area (Å²) in [4.78, 5) is 23.3. The number of carboxylic acid groups (broad SMARTS) is 2. The Labute approximate surface area is 160 Å². The van der Waals surface area contributed by atoms with Gasteiger partial charge < -0.3 is 10.2 Å². The molecule has 26 heavy (non-hydrogen) atoms. The maximum Gasteiger partial charge on any atom is 0.310 e. The van der Waals surface area contributed by atoms with Crippen molar-refractivity contribution in [1.29, 1.82) is 0 Å². The van der Waals surface area contributed by atoms with Gasteiger partial charge in [-0.2, -0.15) is 0 Å². The fraction of sp³-hybridized carbons (Fsp3) is 0.909. The van der Waals surface area contributed by atoms with E-state index in [0.29, 0.717) is 12.8 Å². The number of carboxylic acids is 2. The smallest absolute Gasteiger partial charge is 0.310 e. The molecule has 0 spiro atoms. The van der Waals surface area contributed by atoms with Crippen LogP contribution in [0.5, 0.6) is 0 Å². The highest BCUT2D eigenvalue weighted by Gasteiger charge is 2.61. The Morgan fingerprint density at radius 1 is 0.731 bits per heavy atom. The summed E-state index contributed by atoms with van der Waals surface area (Å²) in [5.41, 5.74) is -1.48. The molecule has 154 valence electrons. The molecule has 0 aliphatic carbocycles. The lowest BCUT2D eigenvalue weighted by Gasteiger charge is -2.57. The average Bonchev–Trinajstić information content (AvgIpc) is 2.48. The lowest BCUT2D eigenvalue weighted by Crippen LogP contribution is -2.58. The van der Waals surface area contributed by atoms with Crippen LogP contribution in [0.25, 0.3) is 0 Å². The highest BCUT2D eigenvalue weighted by molar-refractivity contribution is 5.77. The Hall–Kier alpha value is -1.06. The Bertz CT molecular complexity index is 441. The zero-order chi connectivity index (χ0) is 20.8. The van der Waals surface area contributed by atoms with E-state index in [1.807, 2.05) is 0 Å². The second kappa shape index (κ2) is 9.75. The molecule has 0 heterocycles. The molecule has 0 fully saturated rings. The molecule has 0 saturated carbocycles. The number of hydrogen-bond acceptors (Lipinski definition) is 2. The molecule has 0 unspecified atom stereocenters. The summed E-state index contributed by atoms with van der Waals surface area (Å²) in [5, 5.41) is 19.1. The van der Waals surface area contributed by atoms with Crippen LogP contribution in [-0.2, 0) is 9.59 Å². The van der Waals surface area contributed by atoms with Crippen molar-refractivity contribution in [2.75, 3.05) is 0 Å². The third-order valence-electron chi connectivity index (χ3n) is 7.39. The van der Waals surface area contributed by atoms with Gasteiger partial charge in [0, 0.05) is 6.42 Å². The van der Waals surface area contributed by atoms with Gasteiger partial charge in [-0.1, -0.05) is 81.1 Å². The standard InChI is InChI=1S/C22H42O4/c1-16(2)20(5,6)22(19(25)26,21(7,8)17(3)4)15-13-11-9-10-12-14-18(23)24/h16-17H,9-15H2,1-8H3,(H,23,24)(H,25,26). The quantitative estimate of drug-likeness (QED) is 0.376. The fourth-order valence-corrected chi connectivity index (χ4v) is 4.32. The molecule has 4 heteroatoms. The van der Waals surface area contributed by atoms with Gasteiger partial charge in [0.2, 0.25) is 0 Å². The summed E-state index contributed by atoms with van der Waals surface area (Å²) in [5.74, 6) is -0.910. The van der Waals surface area contributed by atoms with E-state index in [1.165, 1.54) is 0 Å². The first-order chi connectivity index (χ1) is 11.7. The summed E-state index contributed by atoms with van der Waals surface area (Å²) in [7, 11) is 0. The summed E-state index contributed by atoms with van der Waals surface area (Å²) in [6.07, 6.45) is 5.27. The monoisotopic (exact) mass is 370 g/mol. The number of aliphatic carboxylic acids is 2. The summed E-state index contributed by atoms with van der Waals surface area (Å²) >= 11 is 0. The van der Waals surface area contributed by atoms with Crippen molar-refractivity contribution in [3.8, 4) is 0 Å². The Morgan fingerprint density at radius 2 is 1.12 bits per heavy atom. The van der Waals surface area contributed by atoms with Gasteiger partial charge in [-0.15, -0.1) is 0 Å². The molecule has 4 nitrogen and oxygen atoms in total. The lowest BCUT2D eigenvalue weighted by molar-refractivity contribution is -0.183. The number of unbranched alkanes of at least 4 members (excludes halogenated alkanes) is 4. The second-order valence-electron chi connectivity index (χ2n) is 9.62. The normalized spacial score (nSPS) is 13.5. The predicted molar refractivity (Wildman–Crippen MR) is 107 cm³/mol. The highest BCUT2D eigenvalue weighted by Crippen LogP contribution is 2.60. The zero-order valence-electron chi connectivity index (χ0n) is 18.3. The summed E-state index contributed by atoms with van der Waals surface area (Å²) in [6, 6.07) is 0. The van der Waals surface area contributed by atoms with Gasteiger partial charge in [0.15, 0.2) is 0 Å². The SMILES string of the molecule is CC(C)C(C)(C)C(CCCCCCCC(=O)O)(C(=O)O)C(C)(C)C(C)C. The molecule has 0 radical (unpaired) electrons. The number of rotatable bonds is 13. The molecule has 0 bridgehead atoms. The maximum atomic E-state index is 12.7. The molecule has 0 aliphatic heterocycles. The van der Waals surface area contributed by atoms with Crippen LogP contribution in [0.2, 0.25) is 0 Å². The van der Waals surface area contributed by atoms with E-state index >= 15 is 0 Å². The van der Waals surface area contributed by atoms with Crippen LogP contribution in [0, 0.1) is 28.1 Å². The molecule has 0 rings (SSSR count). The fourth-order valence-electron chi connectivity index (χ4n) is 4.32. The van der Waals surface area contributed by atoms with E-state index in [4.69, 9.17) is 5.11 Å². The van der Waals surface area contributed by atoms with Gasteiger partial charge >= 0.3 is 11.9 Å². The topological polar surface area (TPSA) is 74.6 Å². The molecule has 0 atom stereocenters. The van der Waals surface area contributed by atoms with Gasteiger partial charge in [0.25, 0.3) is 0 Å². The first-order valence-electron chi connectivity index (χ1n) is 10.2. The second-order valence-corrected chi connectivity index (χ2v) is 9.62. The Kier molecular flexibility index (Phi) is 9.36. The molecule has 0 aromatic carbocycles. The Morgan fingerprint density at radius 3 is 1.46 bits per heavy atom. The molecule has 0 aromatic heterocycles. The lowest BCUT2D eigenvalue weighted by atomic mass is 9.45. The summed E-state index contributed by atoms with van der Waals surface area (Å²) < 4.78 is 0. The number of hydrogen-bond donors (Lipinski definition) is 2. The van der Waals surface area contributed by atoms with E-state index in [0.717, 1.165) is 25.7 Å². The van der Waals surface area contributed by atoms with Gasteiger partial charge in [-0.05, 0) is 35.5 Å². The predicted octanol–water partition coefficient (Wildman–Crippen LogP) is 6.24. The van der Waals surface area contributed by atoms with Crippen LogP contribution in [-0.4, -0.2) is 22.2 Å². The minimum absolute atomic E-state index is 0.222. The molecule has 0 amide bonds. The molecular weight excluding hydrogens is 328 g/mol. The van der Waals surface area contributed by atoms with Crippen molar-refractivity contribution in [3.63, 3.8) is 0 Å². The van der Waals surface area contributed by atoms with E-state index in [1.54, 1.807) is 0 Å². The van der Waals surface area contributed by atoms with Crippen LogP contribution in [0.1, 0.15) is 100 Å². The Balaban J connectivity index is 5.36. The van der Waals surface area contributed by atoms with Crippen molar-refractivity contribution >= 4 is 11.9 Å². The van der Waals surface area contributed by atoms with E-state index in [9.17, 15) is 14.7 Å². The first-order valence-corrected chi connectivity index (χ1v) is 10.2. The summed E-state index contributed by atoms with van der Waals surface area (Å²) in [6.45, 7) is 17.0. The van der Waals surface area contributed by atoms with Crippen LogP contribution in [0.4, 0.5) is 0 Å².